The summed E-state index contributed by atoms with van der Waals surface area (Å²) in [7, 11) is 0. The Hall–Kier alpha value is -2.70. The summed E-state index contributed by atoms with van der Waals surface area (Å²) in [6.07, 6.45) is 0. The highest BCUT2D eigenvalue weighted by Crippen LogP contribution is 2.17. The summed E-state index contributed by atoms with van der Waals surface area (Å²) in [6.45, 7) is 3.82. The van der Waals surface area contributed by atoms with Gasteiger partial charge >= 0.3 is 0 Å². The molecule has 0 atom stereocenters. The predicted octanol–water partition coefficient (Wildman–Crippen LogP) is 1.36. The van der Waals surface area contributed by atoms with Crippen LogP contribution in [0.3, 0.4) is 0 Å². The maximum atomic E-state index is 12.9. The SMILES string of the molecule is Cc1cc(N2CCN(Cc3ccc(F)cc3)C(=O)C2)nc(N)n1. The van der Waals surface area contributed by atoms with Crippen molar-refractivity contribution < 1.29 is 9.18 Å². The molecule has 0 aliphatic carbocycles. The molecule has 2 aromatic rings. The van der Waals surface area contributed by atoms with Crippen molar-refractivity contribution in [2.24, 2.45) is 0 Å². The standard InChI is InChI=1S/C16H18FN5O/c1-11-8-14(20-16(18)19-11)21-6-7-22(15(23)10-21)9-12-2-4-13(17)5-3-12/h2-5,8H,6-7,9-10H2,1H3,(H2,18,19,20). The molecular weight excluding hydrogens is 297 g/mol. The summed E-state index contributed by atoms with van der Waals surface area (Å²) in [4.78, 5) is 24.2. The van der Waals surface area contributed by atoms with Crippen molar-refractivity contribution in [2.45, 2.75) is 13.5 Å². The third kappa shape index (κ3) is 3.56. The Morgan fingerprint density at radius 1 is 1.22 bits per heavy atom. The second-order valence-corrected chi connectivity index (χ2v) is 5.59. The lowest BCUT2D eigenvalue weighted by atomic mass is 10.2. The van der Waals surface area contributed by atoms with Crippen LogP contribution < -0.4 is 10.6 Å². The maximum Gasteiger partial charge on any atom is 0.242 e. The lowest BCUT2D eigenvalue weighted by Crippen LogP contribution is -2.50. The van der Waals surface area contributed by atoms with Crippen LogP contribution in [0.25, 0.3) is 0 Å². The van der Waals surface area contributed by atoms with Crippen molar-refractivity contribution in [2.75, 3.05) is 30.3 Å². The van der Waals surface area contributed by atoms with Crippen LogP contribution in [-0.2, 0) is 11.3 Å². The first-order valence-electron chi connectivity index (χ1n) is 7.39. The summed E-state index contributed by atoms with van der Waals surface area (Å²) >= 11 is 0. The fourth-order valence-electron chi connectivity index (χ4n) is 2.62. The highest BCUT2D eigenvalue weighted by molar-refractivity contribution is 5.82. The van der Waals surface area contributed by atoms with Crippen LogP contribution in [0.4, 0.5) is 16.2 Å². The number of anilines is 2. The van der Waals surface area contributed by atoms with Crippen LogP contribution in [0.5, 0.6) is 0 Å². The number of aromatic nitrogens is 2. The molecule has 1 saturated heterocycles. The second-order valence-electron chi connectivity index (χ2n) is 5.59. The van der Waals surface area contributed by atoms with E-state index in [1.165, 1.54) is 12.1 Å². The lowest BCUT2D eigenvalue weighted by Gasteiger charge is -2.35. The third-order valence-electron chi connectivity index (χ3n) is 3.79. The first kappa shape index (κ1) is 15.2. The van der Waals surface area contributed by atoms with Crippen molar-refractivity contribution >= 4 is 17.7 Å². The number of piperazine rings is 1. The molecule has 6 nitrogen and oxygen atoms in total. The molecule has 7 heteroatoms. The van der Waals surface area contributed by atoms with Crippen LogP contribution in [0.15, 0.2) is 30.3 Å². The minimum Gasteiger partial charge on any atom is -0.368 e. The van der Waals surface area contributed by atoms with Gasteiger partial charge < -0.3 is 15.5 Å². The van der Waals surface area contributed by atoms with Gasteiger partial charge in [0, 0.05) is 31.4 Å². The minimum atomic E-state index is -0.276. The van der Waals surface area contributed by atoms with Gasteiger partial charge in [0.15, 0.2) is 0 Å². The molecule has 1 fully saturated rings. The fraction of sp³-hybridized carbons (Fsp3) is 0.312. The van der Waals surface area contributed by atoms with E-state index < -0.39 is 0 Å². The number of rotatable bonds is 3. The van der Waals surface area contributed by atoms with Crippen LogP contribution in [0.1, 0.15) is 11.3 Å². The van der Waals surface area contributed by atoms with E-state index in [0.29, 0.717) is 25.5 Å². The smallest absolute Gasteiger partial charge is 0.242 e. The van der Waals surface area contributed by atoms with E-state index in [-0.39, 0.29) is 24.2 Å². The molecule has 120 valence electrons. The Morgan fingerprint density at radius 2 is 1.96 bits per heavy atom. The number of aryl methyl sites for hydroxylation is 1. The van der Waals surface area contributed by atoms with Crippen LogP contribution in [0.2, 0.25) is 0 Å². The third-order valence-corrected chi connectivity index (χ3v) is 3.79. The summed E-state index contributed by atoms with van der Waals surface area (Å²) in [5.74, 6) is 0.614. The molecule has 0 unspecified atom stereocenters. The average molecular weight is 315 g/mol. The van der Waals surface area contributed by atoms with E-state index in [2.05, 4.69) is 9.97 Å². The van der Waals surface area contributed by atoms with E-state index in [1.807, 2.05) is 17.9 Å². The molecule has 1 amide bonds. The topological polar surface area (TPSA) is 75.3 Å². The highest BCUT2D eigenvalue weighted by Gasteiger charge is 2.25. The Bertz CT molecular complexity index is 699. The van der Waals surface area contributed by atoms with Gasteiger partial charge in [-0.05, 0) is 24.6 Å². The zero-order chi connectivity index (χ0) is 16.4. The number of nitrogen functional groups attached to an aromatic ring is 1. The Morgan fingerprint density at radius 3 is 2.61 bits per heavy atom. The molecule has 2 heterocycles. The molecule has 2 N–H and O–H groups in total. The molecule has 1 aliphatic heterocycles. The number of carbonyl (C=O) groups excluding carboxylic acids is 1. The summed E-state index contributed by atoms with van der Waals surface area (Å²) < 4.78 is 12.9. The van der Waals surface area contributed by atoms with Crippen molar-refractivity contribution in [1.29, 1.82) is 0 Å². The molecule has 0 saturated carbocycles. The van der Waals surface area contributed by atoms with Crippen molar-refractivity contribution in [3.05, 3.63) is 47.4 Å². The van der Waals surface area contributed by atoms with Gasteiger partial charge in [-0.15, -0.1) is 0 Å². The van der Waals surface area contributed by atoms with Crippen LogP contribution >= 0.6 is 0 Å². The lowest BCUT2D eigenvalue weighted by molar-refractivity contribution is -0.131. The summed E-state index contributed by atoms with van der Waals surface area (Å²) in [5.41, 5.74) is 7.35. The van der Waals surface area contributed by atoms with E-state index in [1.54, 1.807) is 17.0 Å². The molecule has 1 aromatic carbocycles. The van der Waals surface area contributed by atoms with Gasteiger partial charge in [0.05, 0.1) is 6.54 Å². The van der Waals surface area contributed by atoms with Crippen molar-refractivity contribution in [3.63, 3.8) is 0 Å². The normalized spacial score (nSPS) is 15.1. The molecular formula is C16H18FN5O. The number of carbonyl (C=O) groups is 1. The molecule has 0 bridgehead atoms. The molecule has 0 spiro atoms. The fourth-order valence-corrected chi connectivity index (χ4v) is 2.62. The molecule has 1 aromatic heterocycles. The van der Waals surface area contributed by atoms with E-state index in [4.69, 9.17) is 5.73 Å². The Kier molecular flexibility index (Phi) is 4.10. The van der Waals surface area contributed by atoms with Crippen LogP contribution in [-0.4, -0.2) is 40.4 Å². The second kappa shape index (κ2) is 6.20. The summed E-state index contributed by atoms with van der Waals surface area (Å²) in [5, 5.41) is 0. The van der Waals surface area contributed by atoms with Gasteiger partial charge in [0.2, 0.25) is 11.9 Å². The van der Waals surface area contributed by atoms with E-state index >= 15 is 0 Å². The van der Waals surface area contributed by atoms with Gasteiger partial charge in [-0.2, -0.15) is 4.98 Å². The summed E-state index contributed by atoms with van der Waals surface area (Å²) in [6, 6.07) is 8.03. The number of hydrogen-bond acceptors (Lipinski definition) is 5. The molecule has 1 aliphatic rings. The molecule has 0 radical (unpaired) electrons. The Labute approximate surface area is 133 Å². The van der Waals surface area contributed by atoms with Gasteiger partial charge in [-0.25, -0.2) is 9.37 Å². The number of amides is 1. The first-order chi connectivity index (χ1) is 11.0. The number of halogens is 1. The van der Waals surface area contributed by atoms with Gasteiger partial charge in [0.25, 0.3) is 0 Å². The molecule has 3 rings (SSSR count). The number of benzene rings is 1. The van der Waals surface area contributed by atoms with Gasteiger partial charge in [-0.3, -0.25) is 4.79 Å². The van der Waals surface area contributed by atoms with Gasteiger partial charge in [-0.1, -0.05) is 12.1 Å². The monoisotopic (exact) mass is 315 g/mol. The Balaban J connectivity index is 1.67. The van der Waals surface area contributed by atoms with E-state index in [9.17, 15) is 9.18 Å². The number of nitrogens with zero attached hydrogens (tertiary/aromatic N) is 4. The maximum absolute atomic E-state index is 12.9. The largest absolute Gasteiger partial charge is 0.368 e. The number of nitrogens with two attached hydrogens (primary N) is 1. The minimum absolute atomic E-state index is 0.00964. The number of hydrogen-bond donors (Lipinski definition) is 1. The van der Waals surface area contributed by atoms with E-state index in [0.717, 1.165) is 11.3 Å². The zero-order valence-corrected chi connectivity index (χ0v) is 12.9. The zero-order valence-electron chi connectivity index (χ0n) is 12.9. The van der Waals surface area contributed by atoms with Gasteiger partial charge in [0.1, 0.15) is 11.6 Å². The quantitative estimate of drug-likeness (QED) is 0.925. The van der Waals surface area contributed by atoms with Crippen LogP contribution in [0, 0.1) is 12.7 Å². The molecule has 23 heavy (non-hydrogen) atoms. The van der Waals surface area contributed by atoms with Crippen molar-refractivity contribution in [1.82, 2.24) is 14.9 Å². The average Bonchev–Trinajstić information content (AvgIpc) is 2.50. The van der Waals surface area contributed by atoms with Crippen molar-refractivity contribution in [3.8, 4) is 0 Å². The first-order valence-corrected chi connectivity index (χ1v) is 7.39. The highest BCUT2D eigenvalue weighted by atomic mass is 19.1. The predicted molar refractivity (Wildman–Crippen MR) is 85.2 cm³/mol.